The first kappa shape index (κ1) is 17.1. The Morgan fingerprint density at radius 1 is 1.35 bits per heavy atom. The molecule has 116 valence electrons. The molecule has 1 aliphatic rings. The van der Waals surface area contributed by atoms with Gasteiger partial charge < -0.3 is 15.7 Å². The Morgan fingerprint density at radius 3 is 2.70 bits per heavy atom. The second kappa shape index (κ2) is 9.10. The molecule has 2 amide bonds. The Bertz CT molecular complexity index is 326. The van der Waals surface area contributed by atoms with Gasteiger partial charge in [-0.25, -0.2) is 4.79 Å². The number of hydrogen-bond acceptors (Lipinski definition) is 3. The first-order valence-electron chi connectivity index (χ1n) is 7.39. The normalized spacial score (nSPS) is 23.9. The maximum absolute atomic E-state index is 11.8. The third-order valence-corrected chi connectivity index (χ3v) is 4.84. The van der Waals surface area contributed by atoms with Gasteiger partial charge in [-0.15, -0.1) is 0 Å². The molecule has 0 spiro atoms. The van der Waals surface area contributed by atoms with Gasteiger partial charge in [-0.3, -0.25) is 4.79 Å². The van der Waals surface area contributed by atoms with Crippen molar-refractivity contribution in [3.05, 3.63) is 0 Å². The monoisotopic (exact) mass is 302 g/mol. The molecule has 3 atom stereocenters. The number of carbonyl (C=O) groups is 2. The number of nitrogens with one attached hydrogen (secondary N) is 2. The second-order valence-electron chi connectivity index (χ2n) is 5.40. The highest BCUT2D eigenvalue weighted by atomic mass is 32.2. The minimum Gasteiger partial charge on any atom is -0.481 e. The minimum atomic E-state index is -0.732. The van der Waals surface area contributed by atoms with Crippen LogP contribution in [-0.2, 0) is 4.79 Å². The molecule has 1 rings (SSSR count). The van der Waals surface area contributed by atoms with Crippen molar-refractivity contribution in [3.8, 4) is 0 Å². The lowest BCUT2D eigenvalue weighted by Gasteiger charge is -2.28. The van der Waals surface area contributed by atoms with Crippen molar-refractivity contribution >= 4 is 23.8 Å². The molecule has 0 aromatic heterocycles. The maximum Gasteiger partial charge on any atom is 0.315 e. The summed E-state index contributed by atoms with van der Waals surface area (Å²) in [5.41, 5.74) is 0. The molecule has 3 unspecified atom stereocenters. The maximum atomic E-state index is 11.8. The molecular formula is C14H26N2O3S. The van der Waals surface area contributed by atoms with Crippen molar-refractivity contribution in [1.29, 1.82) is 0 Å². The first-order chi connectivity index (χ1) is 9.54. The van der Waals surface area contributed by atoms with Crippen LogP contribution >= 0.6 is 11.8 Å². The van der Waals surface area contributed by atoms with Gasteiger partial charge in [-0.2, -0.15) is 11.8 Å². The number of rotatable bonds is 7. The van der Waals surface area contributed by atoms with Crippen LogP contribution in [0.1, 0.15) is 39.5 Å². The second-order valence-corrected chi connectivity index (χ2v) is 6.72. The lowest BCUT2D eigenvalue weighted by Crippen LogP contribution is -2.45. The summed E-state index contributed by atoms with van der Waals surface area (Å²) in [6, 6.07) is -0.0644. The molecule has 0 radical (unpaired) electrons. The van der Waals surface area contributed by atoms with Gasteiger partial charge in [0.1, 0.15) is 0 Å². The van der Waals surface area contributed by atoms with Gasteiger partial charge in [0, 0.05) is 18.3 Å². The van der Waals surface area contributed by atoms with E-state index < -0.39 is 5.97 Å². The average molecular weight is 302 g/mol. The minimum absolute atomic E-state index is 0.0623. The predicted octanol–water partition coefficient (Wildman–Crippen LogP) is 2.32. The molecule has 1 saturated carbocycles. The van der Waals surface area contributed by atoms with E-state index >= 15 is 0 Å². The molecule has 1 fully saturated rings. The van der Waals surface area contributed by atoms with E-state index in [1.807, 2.05) is 6.92 Å². The van der Waals surface area contributed by atoms with Crippen molar-refractivity contribution < 1.29 is 14.7 Å². The fraction of sp³-hybridized carbons (Fsp3) is 0.857. The first-order valence-corrected chi connectivity index (χ1v) is 8.55. The van der Waals surface area contributed by atoms with Gasteiger partial charge in [0.05, 0.1) is 5.92 Å². The van der Waals surface area contributed by atoms with Crippen molar-refractivity contribution in [2.24, 2.45) is 11.8 Å². The summed E-state index contributed by atoms with van der Waals surface area (Å²) in [6.45, 7) is 4.52. The van der Waals surface area contributed by atoms with E-state index in [9.17, 15) is 14.7 Å². The quantitative estimate of drug-likeness (QED) is 0.674. The van der Waals surface area contributed by atoms with E-state index in [0.29, 0.717) is 6.54 Å². The Labute approximate surface area is 125 Å². The van der Waals surface area contributed by atoms with E-state index in [4.69, 9.17) is 0 Å². The van der Waals surface area contributed by atoms with E-state index in [1.54, 1.807) is 11.8 Å². The number of carboxylic acid groups (broad SMARTS) is 1. The van der Waals surface area contributed by atoms with Crippen LogP contribution in [0.3, 0.4) is 0 Å². The van der Waals surface area contributed by atoms with Crippen molar-refractivity contribution in [3.63, 3.8) is 0 Å². The standard InChI is InChI=1S/C14H26N2O3S/c1-3-20-9-10(2)16-14(19)15-8-11-6-4-5-7-12(11)13(17)18/h10-12H,3-9H2,1-2H3,(H,17,18)(H2,15,16,19). The van der Waals surface area contributed by atoms with Gasteiger partial charge >= 0.3 is 12.0 Å². The van der Waals surface area contributed by atoms with Crippen LogP contribution in [0, 0.1) is 11.8 Å². The van der Waals surface area contributed by atoms with E-state index in [2.05, 4.69) is 17.6 Å². The fourth-order valence-electron chi connectivity index (χ4n) is 2.61. The molecule has 20 heavy (non-hydrogen) atoms. The predicted molar refractivity (Wildman–Crippen MR) is 82.1 cm³/mol. The summed E-state index contributed by atoms with van der Waals surface area (Å²) in [5.74, 6) is 0.954. The Balaban J connectivity index is 2.30. The van der Waals surface area contributed by atoms with Crippen LogP contribution in [-0.4, -0.2) is 41.2 Å². The zero-order valence-corrected chi connectivity index (χ0v) is 13.2. The summed E-state index contributed by atoms with van der Waals surface area (Å²) in [4.78, 5) is 22.9. The van der Waals surface area contributed by atoms with Gasteiger partial charge in [0.15, 0.2) is 0 Å². The Morgan fingerprint density at radius 2 is 2.05 bits per heavy atom. The van der Waals surface area contributed by atoms with Gasteiger partial charge in [0.25, 0.3) is 0 Å². The van der Waals surface area contributed by atoms with Crippen molar-refractivity contribution in [2.45, 2.75) is 45.6 Å². The summed E-state index contributed by atoms with van der Waals surface area (Å²) >= 11 is 1.79. The van der Waals surface area contributed by atoms with Crippen LogP contribution in [0.25, 0.3) is 0 Å². The summed E-state index contributed by atoms with van der Waals surface area (Å²) in [6.07, 6.45) is 3.65. The molecule has 0 aromatic rings. The van der Waals surface area contributed by atoms with Crippen LogP contribution in [0.5, 0.6) is 0 Å². The largest absolute Gasteiger partial charge is 0.481 e. The molecule has 0 saturated heterocycles. The molecule has 0 bridgehead atoms. The number of aliphatic carboxylic acids is 1. The number of hydrogen-bond donors (Lipinski definition) is 3. The molecule has 5 nitrogen and oxygen atoms in total. The van der Waals surface area contributed by atoms with Crippen LogP contribution in [0.2, 0.25) is 0 Å². The molecule has 6 heteroatoms. The molecule has 1 aliphatic carbocycles. The molecule has 3 N–H and O–H groups in total. The van der Waals surface area contributed by atoms with Gasteiger partial charge in [-0.05, 0) is 31.4 Å². The summed E-state index contributed by atoms with van der Waals surface area (Å²) < 4.78 is 0. The Hall–Kier alpha value is -0.910. The smallest absolute Gasteiger partial charge is 0.315 e. The zero-order chi connectivity index (χ0) is 15.0. The lowest BCUT2D eigenvalue weighted by molar-refractivity contribution is -0.144. The highest BCUT2D eigenvalue weighted by Crippen LogP contribution is 2.29. The third kappa shape index (κ3) is 6.03. The van der Waals surface area contributed by atoms with Crippen molar-refractivity contribution in [2.75, 3.05) is 18.1 Å². The topological polar surface area (TPSA) is 78.4 Å². The van der Waals surface area contributed by atoms with Gasteiger partial charge in [-0.1, -0.05) is 19.8 Å². The highest BCUT2D eigenvalue weighted by Gasteiger charge is 2.30. The molecule has 0 heterocycles. The SMILES string of the molecule is CCSCC(C)NC(=O)NCC1CCCCC1C(=O)O. The lowest BCUT2D eigenvalue weighted by atomic mass is 9.79. The molecule has 0 aromatic carbocycles. The third-order valence-electron chi connectivity index (χ3n) is 3.70. The number of thioether (sulfide) groups is 1. The van der Waals surface area contributed by atoms with E-state index in [0.717, 1.165) is 37.2 Å². The summed E-state index contributed by atoms with van der Waals surface area (Å²) in [5, 5.41) is 14.9. The van der Waals surface area contributed by atoms with Crippen LogP contribution < -0.4 is 10.6 Å². The van der Waals surface area contributed by atoms with Crippen LogP contribution in [0.15, 0.2) is 0 Å². The average Bonchev–Trinajstić information content (AvgIpc) is 2.43. The summed E-state index contributed by atoms with van der Waals surface area (Å²) in [7, 11) is 0. The van der Waals surface area contributed by atoms with Gasteiger partial charge in [0.2, 0.25) is 0 Å². The number of carbonyl (C=O) groups excluding carboxylic acids is 1. The number of amides is 2. The molecule has 0 aliphatic heterocycles. The van der Waals surface area contributed by atoms with E-state index in [1.165, 1.54) is 0 Å². The van der Waals surface area contributed by atoms with Crippen molar-refractivity contribution in [1.82, 2.24) is 10.6 Å². The fourth-order valence-corrected chi connectivity index (χ4v) is 3.28. The highest BCUT2D eigenvalue weighted by molar-refractivity contribution is 7.99. The number of urea groups is 1. The van der Waals surface area contributed by atoms with Crippen LogP contribution in [0.4, 0.5) is 4.79 Å². The zero-order valence-electron chi connectivity index (χ0n) is 12.4. The van der Waals surface area contributed by atoms with E-state index in [-0.39, 0.29) is 23.9 Å². The number of carboxylic acids is 1. The molecular weight excluding hydrogens is 276 g/mol. The Kier molecular flexibility index (Phi) is 7.80.